The lowest BCUT2D eigenvalue weighted by Crippen LogP contribution is -2.33. The van der Waals surface area contributed by atoms with Crippen molar-refractivity contribution < 1.29 is 9.59 Å². The summed E-state index contributed by atoms with van der Waals surface area (Å²) in [5.74, 6) is -0.962. The van der Waals surface area contributed by atoms with Crippen molar-refractivity contribution in [3.05, 3.63) is 95.6 Å². The van der Waals surface area contributed by atoms with E-state index >= 15 is 0 Å². The van der Waals surface area contributed by atoms with E-state index < -0.39 is 5.92 Å². The molecular formula is C34H37N5O2S. The molecule has 0 saturated carbocycles. The van der Waals surface area contributed by atoms with E-state index in [1.165, 1.54) is 20.7 Å². The first-order chi connectivity index (χ1) is 20.2. The Bertz CT molecular complexity index is 1740. The highest BCUT2D eigenvalue weighted by Crippen LogP contribution is 2.34. The Morgan fingerprint density at radius 1 is 1.02 bits per heavy atom. The number of para-hydroxylation sites is 1. The first-order valence-electron chi connectivity index (χ1n) is 14.4. The Morgan fingerprint density at radius 3 is 2.55 bits per heavy atom. The van der Waals surface area contributed by atoms with Crippen LogP contribution < -0.4 is 10.2 Å². The van der Waals surface area contributed by atoms with Crippen molar-refractivity contribution in [3.8, 4) is 10.6 Å². The molecule has 0 aliphatic carbocycles. The molecule has 4 heterocycles. The van der Waals surface area contributed by atoms with E-state index in [4.69, 9.17) is 0 Å². The van der Waals surface area contributed by atoms with Crippen LogP contribution >= 0.6 is 11.3 Å². The minimum Gasteiger partial charge on any atom is -0.340 e. The lowest BCUT2D eigenvalue weighted by Gasteiger charge is -2.19. The molecule has 1 aliphatic rings. The van der Waals surface area contributed by atoms with Crippen LogP contribution in [0, 0.1) is 26.7 Å². The molecule has 0 bridgehead atoms. The summed E-state index contributed by atoms with van der Waals surface area (Å²) >= 11 is 1.79. The number of hydrogen-bond acceptors (Lipinski definition) is 5. The topological polar surface area (TPSA) is 80.1 Å². The van der Waals surface area contributed by atoms with E-state index in [1.807, 2.05) is 93.6 Å². The third-order valence-corrected chi connectivity index (χ3v) is 8.90. The molecule has 1 N–H and O–H groups in total. The molecule has 1 fully saturated rings. The maximum absolute atomic E-state index is 12.7. The number of nitrogens with one attached hydrogen (secondary N) is 1. The van der Waals surface area contributed by atoms with Crippen molar-refractivity contribution >= 4 is 44.7 Å². The standard InChI is InChI=1S/C20H22N2O2.C14H15N3S/c1-13-8-9-16(12-15(13)3)21-19(23)17-10-11-22(20(17)24)18-7-5-4-6-14(18)2;1-3-4-10-5-6-15-11-7-13(18-14(10)11)12-8-17(2)9-16-12/h4-9,12,17H,10-11H2,1-3H3,(H,21,23);5-9H,3-4H2,1-2H3. The van der Waals surface area contributed by atoms with Crippen LogP contribution in [-0.2, 0) is 23.1 Å². The zero-order valence-corrected chi connectivity index (χ0v) is 25.7. The van der Waals surface area contributed by atoms with Crippen LogP contribution in [0.2, 0.25) is 0 Å². The second-order valence-electron chi connectivity index (χ2n) is 10.9. The molecule has 7 nitrogen and oxygen atoms in total. The van der Waals surface area contributed by atoms with Crippen LogP contribution in [0.3, 0.4) is 0 Å². The number of pyridine rings is 1. The molecule has 42 heavy (non-hydrogen) atoms. The van der Waals surface area contributed by atoms with Gasteiger partial charge in [0.05, 0.1) is 27.1 Å². The third kappa shape index (κ3) is 6.29. The summed E-state index contributed by atoms with van der Waals surface area (Å²) in [6, 6.07) is 17.8. The van der Waals surface area contributed by atoms with E-state index in [-0.39, 0.29) is 11.8 Å². The molecule has 3 aromatic heterocycles. The van der Waals surface area contributed by atoms with Crippen molar-refractivity contribution in [3.63, 3.8) is 0 Å². The fourth-order valence-corrected chi connectivity index (χ4v) is 6.32. The lowest BCUT2D eigenvalue weighted by molar-refractivity contribution is -0.129. The highest BCUT2D eigenvalue weighted by molar-refractivity contribution is 7.22. The van der Waals surface area contributed by atoms with Gasteiger partial charge in [0.25, 0.3) is 0 Å². The molecule has 1 atom stereocenters. The van der Waals surface area contributed by atoms with Gasteiger partial charge in [0, 0.05) is 37.4 Å². The summed E-state index contributed by atoms with van der Waals surface area (Å²) in [4.78, 5) is 37.0. The zero-order chi connectivity index (χ0) is 29.8. The highest BCUT2D eigenvalue weighted by Gasteiger charge is 2.38. The fraction of sp³-hybridized carbons (Fsp3) is 0.294. The van der Waals surface area contributed by atoms with Gasteiger partial charge in [-0.2, -0.15) is 0 Å². The number of benzene rings is 2. The molecule has 2 amide bonds. The number of thiophene rings is 1. The van der Waals surface area contributed by atoms with Gasteiger partial charge in [-0.15, -0.1) is 11.3 Å². The second kappa shape index (κ2) is 12.7. The van der Waals surface area contributed by atoms with Gasteiger partial charge in [0.2, 0.25) is 11.8 Å². The molecule has 6 rings (SSSR count). The number of imidazole rings is 1. The Morgan fingerprint density at radius 2 is 1.83 bits per heavy atom. The number of aromatic nitrogens is 3. The van der Waals surface area contributed by atoms with Gasteiger partial charge in [-0.05, 0) is 86.2 Å². The molecule has 0 radical (unpaired) electrons. The molecule has 1 unspecified atom stereocenters. The molecule has 1 saturated heterocycles. The zero-order valence-electron chi connectivity index (χ0n) is 24.8. The number of anilines is 2. The summed E-state index contributed by atoms with van der Waals surface area (Å²) in [6.07, 6.45) is 8.60. The number of hydrogen-bond donors (Lipinski definition) is 1. The summed E-state index contributed by atoms with van der Waals surface area (Å²) in [5, 5.41) is 2.88. The summed E-state index contributed by atoms with van der Waals surface area (Å²) in [7, 11) is 1.99. The van der Waals surface area contributed by atoms with Crippen LogP contribution in [0.5, 0.6) is 0 Å². The first-order valence-corrected chi connectivity index (χ1v) is 15.2. The number of nitrogens with zero attached hydrogens (tertiary/aromatic N) is 4. The third-order valence-electron chi connectivity index (χ3n) is 7.67. The Labute approximate surface area is 251 Å². The molecule has 5 aromatic rings. The summed E-state index contributed by atoms with van der Waals surface area (Å²) in [5.41, 5.74) is 8.49. The molecule has 1 aliphatic heterocycles. The van der Waals surface area contributed by atoms with Gasteiger partial charge in [-0.1, -0.05) is 37.6 Å². The van der Waals surface area contributed by atoms with Crippen LogP contribution in [0.25, 0.3) is 20.8 Å². The molecule has 8 heteroatoms. The number of rotatable bonds is 6. The maximum atomic E-state index is 12.7. The van der Waals surface area contributed by atoms with Gasteiger partial charge < -0.3 is 14.8 Å². The minimum absolute atomic E-state index is 0.120. The van der Waals surface area contributed by atoms with Crippen molar-refractivity contribution in [2.45, 2.75) is 47.0 Å². The molecular weight excluding hydrogens is 542 g/mol. The fourth-order valence-electron chi connectivity index (χ4n) is 5.20. The van der Waals surface area contributed by atoms with Crippen LogP contribution in [0.15, 0.2) is 73.3 Å². The number of carbonyl (C=O) groups is 2. The van der Waals surface area contributed by atoms with E-state index in [2.05, 4.69) is 34.3 Å². The Kier molecular flexibility index (Phi) is 8.83. The van der Waals surface area contributed by atoms with Gasteiger partial charge in [0.15, 0.2) is 0 Å². The van der Waals surface area contributed by atoms with E-state index in [1.54, 1.807) is 16.2 Å². The number of amides is 2. The second-order valence-corrected chi connectivity index (χ2v) is 11.9. The normalized spacial score (nSPS) is 14.6. The van der Waals surface area contributed by atoms with Crippen molar-refractivity contribution in [2.24, 2.45) is 13.0 Å². The molecule has 0 spiro atoms. The van der Waals surface area contributed by atoms with Crippen LogP contribution in [0.1, 0.15) is 42.0 Å². The Hall–Kier alpha value is -4.30. The van der Waals surface area contributed by atoms with Gasteiger partial charge >= 0.3 is 0 Å². The van der Waals surface area contributed by atoms with Gasteiger partial charge in [-0.25, -0.2) is 4.98 Å². The smallest absolute Gasteiger partial charge is 0.239 e. The monoisotopic (exact) mass is 579 g/mol. The highest BCUT2D eigenvalue weighted by atomic mass is 32.1. The molecule has 216 valence electrons. The van der Waals surface area contributed by atoms with E-state index in [0.29, 0.717) is 13.0 Å². The van der Waals surface area contributed by atoms with E-state index in [9.17, 15) is 9.59 Å². The summed E-state index contributed by atoms with van der Waals surface area (Å²) < 4.78 is 3.28. The van der Waals surface area contributed by atoms with Gasteiger partial charge in [-0.3, -0.25) is 14.6 Å². The largest absolute Gasteiger partial charge is 0.340 e. The SMILES string of the molecule is CCCc1ccnc2cc(-c3cn(C)cn3)sc12.Cc1ccc(NC(=O)C2CCN(c3ccccc3C)C2=O)cc1C. The van der Waals surface area contributed by atoms with Crippen molar-refractivity contribution in [1.29, 1.82) is 0 Å². The van der Waals surface area contributed by atoms with Crippen molar-refractivity contribution in [2.75, 3.05) is 16.8 Å². The van der Waals surface area contributed by atoms with E-state index in [0.717, 1.165) is 46.6 Å². The predicted molar refractivity (Wildman–Crippen MR) is 172 cm³/mol. The van der Waals surface area contributed by atoms with Gasteiger partial charge in [0.1, 0.15) is 5.92 Å². The maximum Gasteiger partial charge on any atom is 0.239 e. The number of fused-ring (bicyclic) bond motifs is 1. The van der Waals surface area contributed by atoms with Crippen molar-refractivity contribution in [1.82, 2.24) is 14.5 Å². The van der Waals surface area contributed by atoms with Crippen LogP contribution in [0.4, 0.5) is 11.4 Å². The molecule has 2 aromatic carbocycles. The lowest BCUT2D eigenvalue weighted by atomic mass is 10.1. The quantitative estimate of drug-likeness (QED) is 0.215. The average molecular weight is 580 g/mol. The minimum atomic E-state index is -0.619. The Balaban J connectivity index is 0.000000175. The first kappa shape index (κ1) is 29.2. The number of carbonyl (C=O) groups excluding carboxylic acids is 2. The van der Waals surface area contributed by atoms with Crippen LogP contribution in [-0.4, -0.2) is 32.9 Å². The summed E-state index contributed by atoms with van der Waals surface area (Å²) in [6.45, 7) is 8.80. The number of aryl methyl sites for hydroxylation is 5. The predicted octanol–water partition coefficient (Wildman–Crippen LogP) is 7.25. The average Bonchev–Trinajstić information content (AvgIpc) is 3.70.